The molecular formula is C12H18N2. The summed E-state index contributed by atoms with van der Waals surface area (Å²) in [5.74, 6) is 0.726. The van der Waals surface area contributed by atoms with Gasteiger partial charge in [-0.25, -0.2) is 0 Å². The maximum Gasteiger partial charge on any atom is 0.0579 e. The van der Waals surface area contributed by atoms with Crippen molar-refractivity contribution in [3.63, 3.8) is 0 Å². The normalized spacial score (nSPS) is 14.5. The van der Waals surface area contributed by atoms with Crippen molar-refractivity contribution < 1.29 is 0 Å². The molecule has 14 heavy (non-hydrogen) atoms. The second-order valence-corrected chi connectivity index (χ2v) is 4.33. The molecular weight excluding hydrogens is 172 g/mol. The molecule has 0 radical (unpaired) electrons. The van der Waals surface area contributed by atoms with E-state index in [-0.39, 0.29) is 0 Å². The fourth-order valence-corrected chi connectivity index (χ4v) is 1.88. The second kappa shape index (κ2) is 3.91. The standard InChI is InChI=1S/C12H18N2/c1-9(2)7-10-3-4-11-12(8-10)14-6-5-13-11/h3-4,8-9,13-14H,5-7H2,1-2H3. The smallest absolute Gasteiger partial charge is 0.0579 e. The predicted octanol–water partition coefficient (Wildman–Crippen LogP) is 2.72. The molecule has 2 nitrogen and oxygen atoms in total. The molecule has 0 saturated heterocycles. The lowest BCUT2D eigenvalue weighted by Crippen LogP contribution is -2.20. The number of anilines is 2. The van der Waals surface area contributed by atoms with Gasteiger partial charge in [-0.05, 0) is 30.0 Å². The third-order valence-electron chi connectivity index (χ3n) is 2.48. The predicted molar refractivity (Wildman–Crippen MR) is 62.0 cm³/mol. The minimum absolute atomic E-state index is 0.726. The summed E-state index contributed by atoms with van der Waals surface area (Å²) in [6, 6.07) is 6.67. The van der Waals surface area contributed by atoms with Crippen molar-refractivity contribution in [3.05, 3.63) is 23.8 Å². The highest BCUT2D eigenvalue weighted by Gasteiger charge is 2.08. The van der Waals surface area contributed by atoms with E-state index in [0.29, 0.717) is 0 Å². The van der Waals surface area contributed by atoms with Crippen LogP contribution in [-0.2, 0) is 6.42 Å². The number of fused-ring (bicyclic) bond motifs is 1. The summed E-state index contributed by atoms with van der Waals surface area (Å²) in [5, 5.41) is 6.79. The van der Waals surface area contributed by atoms with Crippen LogP contribution in [-0.4, -0.2) is 13.1 Å². The van der Waals surface area contributed by atoms with Crippen molar-refractivity contribution in [2.75, 3.05) is 23.7 Å². The highest BCUT2D eigenvalue weighted by molar-refractivity contribution is 5.71. The average molecular weight is 190 g/mol. The van der Waals surface area contributed by atoms with E-state index in [1.807, 2.05) is 0 Å². The zero-order valence-electron chi connectivity index (χ0n) is 8.93. The Morgan fingerprint density at radius 2 is 1.86 bits per heavy atom. The fourth-order valence-electron chi connectivity index (χ4n) is 1.88. The van der Waals surface area contributed by atoms with Gasteiger partial charge in [0.1, 0.15) is 0 Å². The molecule has 0 unspecified atom stereocenters. The lowest BCUT2D eigenvalue weighted by Gasteiger charge is -2.20. The van der Waals surface area contributed by atoms with E-state index in [1.54, 1.807) is 0 Å². The fraction of sp³-hybridized carbons (Fsp3) is 0.500. The molecule has 1 aromatic rings. The van der Waals surface area contributed by atoms with E-state index in [9.17, 15) is 0 Å². The van der Waals surface area contributed by atoms with Gasteiger partial charge in [-0.2, -0.15) is 0 Å². The number of benzene rings is 1. The van der Waals surface area contributed by atoms with Crippen LogP contribution in [0.25, 0.3) is 0 Å². The largest absolute Gasteiger partial charge is 0.382 e. The molecule has 0 amide bonds. The molecule has 0 bridgehead atoms. The maximum atomic E-state index is 3.41. The highest BCUT2D eigenvalue weighted by Crippen LogP contribution is 2.26. The van der Waals surface area contributed by atoms with Gasteiger partial charge in [-0.1, -0.05) is 19.9 Å². The van der Waals surface area contributed by atoms with Crippen LogP contribution in [0.5, 0.6) is 0 Å². The van der Waals surface area contributed by atoms with E-state index in [4.69, 9.17) is 0 Å². The third kappa shape index (κ3) is 2.00. The van der Waals surface area contributed by atoms with E-state index >= 15 is 0 Å². The Kier molecular flexibility index (Phi) is 2.62. The molecule has 1 heterocycles. The van der Waals surface area contributed by atoms with E-state index in [0.717, 1.165) is 25.4 Å². The number of hydrogen-bond acceptors (Lipinski definition) is 2. The van der Waals surface area contributed by atoms with Crippen LogP contribution in [0, 0.1) is 5.92 Å². The lowest BCUT2D eigenvalue weighted by atomic mass is 10.0. The first-order valence-electron chi connectivity index (χ1n) is 5.36. The Labute approximate surface area is 85.7 Å². The van der Waals surface area contributed by atoms with Crippen LogP contribution in [0.1, 0.15) is 19.4 Å². The molecule has 0 spiro atoms. The Morgan fingerprint density at radius 3 is 2.57 bits per heavy atom. The molecule has 0 aliphatic carbocycles. The zero-order valence-corrected chi connectivity index (χ0v) is 8.93. The summed E-state index contributed by atoms with van der Waals surface area (Å²) < 4.78 is 0. The van der Waals surface area contributed by atoms with E-state index < -0.39 is 0 Å². The quantitative estimate of drug-likeness (QED) is 0.749. The van der Waals surface area contributed by atoms with Crippen molar-refractivity contribution in [3.8, 4) is 0 Å². The lowest BCUT2D eigenvalue weighted by molar-refractivity contribution is 0.647. The van der Waals surface area contributed by atoms with Gasteiger partial charge in [0.15, 0.2) is 0 Å². The van der Waals surface area contributed by atoms with Crippen LogP contribution in [0.4, 0.5) is 11.4 Å². The molecule has 2 N–H and O–H groups in total. The van der Waals surface area contributed by atoms with Crippen molar-refractivity contribution in [2.45, 2.75) is 20.3 Å². The first kappa shape index (κ1) is 9.38. The van der Waals surface area contributed by atoms with Gasteiger partial charge in [0.25, 0.3) is 0 Å². The molecule has 0 atom stereocenters. The van der Waals surface area contributed by atoms with Gasteiger partial charge in [0, 0.05) is 13.1 Å². The molecule has 76 valence electrons. The Balaban J connectivity index is 2.20. The monoisotopic (exact) mass is 190 g/mol. The molecule has 0 saturated carbocycles. The van der Waals surface area contributed by atoms with Crippen molar-refractivity contribution in [2.24, 2.45) is 5.92 Å². The highest BCUT2D eigenvalue weighted by atomic mass is 15.0. The molecule has 2 heteroatoms. The van der Waals surface area contributed by atoms with Gasteiger partial charge in [0.2, 0.25) is 0 Å². The Bertz CT molecular complexity index is 318. The van der Waals surface area contributed by atoms with Gasteiger partial charge < -0.3 is 10.6 Å². The second-order valence-electron chi connectivity index (χ2n) is 4.33. The average Bonchev–Trinajstić information content (AvgIpc) is 2.17. The van der Waals surface area contributed by atoms with Crippen LogP contribution >= 0.6 is 0 Å². The minimum atomic E-state index is 0.726. The summed E-state index contributed by atoms with van der Waals surface area (Å²) >= 11 is 0. The first-order chi connectivity index (χ1) is 6.75. The summed E-state index contributed by atoms with van der Waals surface area (Å²) in [6.45, 7) is 6.56. The topological polar surface area (TPSA) is 24.1 Å². The SMILES string of the molecule is CC(C)Cc1ccc2c(c1)NCCN2. The summed E-state index contributed by atoms with van der Waals surface area (Å²) in [6.07, 6.45) is 1.16. The Hall–Kier alpha value is -1.18. The maximum absolute atomic E-state index is 3.41. The van der Waals surface area contributed by atoms with E-state index in [2.05, 4.69) is 42.7 Å². The number of rotatable bonds is 2. The molecule has 1 aliphatic heterocycles. The van der Waals surface area contributed by atoms with Crippen molar-refractivity contribution >= 4 is 11.4 Å². The van der Waals surface area contributed by atoms with Gasteiger partial charge in [-0.15, -0.1) is 0 Å². The van der Waals surface area contributed by atoms with Gasteiger partial charge in [-0.3, -0.25) is 0 Å². The van der Waals surface area contributed by atoms with E-state index in [1.165, 1.54) is 16.9 Å². The molecule has 0 aromatic heterocycles. The summed E-state index contributed by atoms with van der Waals surface area (Å²) in [7, 11) is 0. The molecule has 1 aromatic carbocycles. The van der Waals surface area contributed by atoms with Crippen molar-refractivity contribution in [1.29, 1.82) is 0 Å². The van der Waals surface area contributed by atoms with Crippen LogP contribution in [0.2, 0.25) is 0 Å². The molecule has 1 aliphatic rings. The van der Waals surface area contributed by atoms with Crippen molar-refractivity contribution in [1.82, 2.24) is 0 Å². The summed E-state index contributed by atoms with van der Waals surface area (Å²) in [4.78, 5) is 0. The van der Waals surface area contributed by atoms with Gasteiger partial charge >= 0.3 is 0 Å². The van der Waals surface area contributed by atoms with Crippen LogP contribution in [0.15, 0.2) is 18.2 Å². The van der Waals surface area contributed by atoms with Crippen LogP contribution < -0.4 is 10.6 Å². The number of hydrogen-bond donors (Lipinski definition) is 2. The minimum Gasteiger partial charge on any atom is -0.382 e. The van der Waals surface area contributed by atoms with Gasteiger partial charge in [0.05, 0.1) is 11.4 Å². The Morgan fingerprint density at radius 1 is 1.14 bits per heavy atom. The molecule has 2 rings (SSSR count). The first-order valence-corrected chi connectivity index (χ1v) is 5.36. The summed E-state index contributed by atoms with van der Waals surface area (Å²) in [5.41, 5.74) is 3.92. The zero-order chi connectivity index (χ0) is 9.97. The number of nitrogens with one attached hydrogen (secondary N) is 2. The van der Waals surface area contributed by atoms with Crippen LogP contribution in [0.3, 0.4) is 0 Å². The third-order valence-corrected chi connectivity index (χ3v) is 2.48. The molecule has 0 fully saturated rings.